The van der Waals surface area contributed by atoms with Crippen molar-refractivity contribution in [2.24, 2.45) is 5.41 Å². The monoisotopic (exact) mass is 355 g/mol. The molecule has 0 N–H and O–H groups in total. The van der Waals surface area contributed by atoms with Crippen LogP contribution in [0.2, 0.25) is 0 Å². The fourth-order valence-electron chi connectivity index (χ4n) is 4.73. The Balaban J connectivity index is 2.29. The third kappa shape index (κ3) is 3.17. The fraction of sp³-hybridized carbons (Fsp3) is 0.545. The van der Waals surface area contributed by atoms with Crippen LogP contribution < -0.4 is 0 Å². The Labute approximate surface area is 156 Å². The van der Waals surface area contributed by atoms with E-state index in [1.165, 1.54) is 12.0 Å². The Kier molecular flexibility index (Phi) is 5.49. The molecule has 2 aliphatic carbocycles. The zero-order valence-corrected chi connectivity index (χ0v) is 16.1. The molecule has 0 radical (unpaired) electrons. The van der Waals surface area contributed by atoms with Gasteiger partial charge in [-0.25, -0.2) is 4.79 Å². The van der Waals surface area contributed by atoms with Gasteiger partial charge >= 0.3 is 5.97 Å². The Morgan fingerprint density at radius 3 is 2.42 bits per heavy atom. The number of fused-ring (bicyclic) bond motifs is 1. The molecular weight excluding hydrogens is 326 g/mol. The molecule has 0 unspecified atom stereocenters. The number of rotatable bonds is 4. The van der Waals surface area contributed by atoms with Gasteiger partial charge in [0.2, 0.25) is 5.91 Å². The van der Waals surface area contributed by atoms with E-state index in [9.17, 15) is 9.59 Å². The SMILES string of the molecule is CCOC(=O)C1=C(N(CC)C(C)=O)c2ccccc2CC12CCCCC2. The van der Waals surface area contributed by atoms with E-state index >= 15 is 0 Å². The number of carbonyl (C=O) groups is 2. The first-order chi connectivity index (χ1) is 12.5. The summed E-state index contributed by atoms with van der Waals surface area (Å²) in [5.41, 5.74) is 3.54. The molecule has 4 nitrogen and oxygen atoms in total. The lowest BCUT2D eigenvalue weighted by Gasteiger charge is -2.45. The summed E-state index contributed by atoms with van der Waals surface area (Å²) in [4.78, 5) is 27.3. The Morgan fingerprint density at radius 1 is 1.12 bits per heavy atom. The van der Waals surface area contributed by atoms with Gasteiger partial charge in [-0.05, 0) is 38.7 Å². The number of hydrogen-bond donors (Lipinski definition) is 0. The maximum Gasteiger partial charge on any atom is 0.336 e. The predicted molar refractivity (Wildman–Crippen MR) is 102 cm³/mol. The maximum atomic E-state index is 13.1. The molecule has 0 atom stereocenters. The summed E-state index contributed by atoms with van der Waals surface area (Å²) < 4.78 is 5.49. The van der Waals surface area contributed by atoms with Crippen molar-refractivity contribution in [2.45, 2.75) is 59.3 Å². The second-order valence-corrected chi connectivity index (χ2v) is 7.38. The van der Waals surface area contributed by atoms with Gasteiger partial charge in [0.1, 0.15) is 0 Å². The average molecular weight is 355 g/mol. The van der Waals surface area contributed by atoms with Gasteiger partial charge in [-0.2, -0.15) is 0 Å². The van der Waals surface area contributed by atoms with E-state index in [-0.39, 0.29) is 17.3 Å². The third-order valence-corrected chi connectivity index (χ3v) is 5.82. The number of esters is 1. The molecule has 0 saturated heterocycles. The molecule has 1 fully saturated rings. The van der Waals surface area contributed by atoms with Gasteiger partial charge in [-0.15, -0.1) is 0 Å². The van der Waals surface area contributed by atoms with Gasteiger partial charge in [-0.1, -0.05) is 43.5 Å². The van der Waals surface area contributed by atoms with Crippen molar-refractivity contribution in [1.82, 2.24) is 4.90 Å². The van der Waals surface area contributed by atoms with E-state index in [0.717, 1.165) is 48.9 Å². The van der Waals surface area contributed by atoms with Crippen LogP contribution in [0.1, 0.15) is 64.0 Å². The van der Waals surface area contributed by atoms with Crippen LogP contribution in [0.4, 0.5) is 0 Å². The van der Waals surface area contributed by atoms with Gasteiger partial charge < -0.3 is 9.64 Å². The van der Waals surface area contributed by atoms with Crippen molar-refractivity contribution < 1.29 is 14.3 Å². The van der Waals surface area contributed by atoms with Crippen molar-refractivity contribution in [3.05, 3.63) is 41.0 Å². The summed E-state index contributed by atoms with van der Waals surface area (Å²) in [6.45, 7) is 6.26. The summed E-state index contributed by atoms with van der Waals surface area (Å²) in [5.74, 6) is -0.287. The molecular formula is C22H29NO3. The molecule has 1 aromatic carbocycles. The molecule has 26 heavy (non-hydrogen) atoms. The highest BCUT2D eigenvalue weighted by molar-refractivity contribution is 6.03. The van der Waals surface area contributed by atoms with E-state index in [1.807, 2.05) is 32.0 Å². The molecule has 0 aliphatic heterocycles. The molecule has 0 bridgehead atoms. The van der Waals surface area contributed by atoms with Crippen LogP contribution in [-0.2, 0) is 20.7 Å². The van der Waals surface area contributed by atoms with Crippen molar-refractivity contribution in [3.8, 4) is 0 Å². The molecule has 1 saturated carbocycles. The van der Waals surface area contributed by atoms with Crippen LogP contribution in [0.15, 0.2) is 29.8 Å². The van der Waals surface area contributed by atoms with E-state index in [1.54, 1.807) is 11.8 Å². The second kappa shape index (κ2) is 7.65. The fourth-order valence-corrected chi connectivity index (χ4v) is 4.73. The molecule has 2 aliphatic rings. The molecule has 1 spiro atoms. The Bertz CT molecular complexity index is 729. The molecule has 0 aromatic heterocycles. The van der Waals surface area contributed by atoms with Crippen LogP contribution in [0, 0.1) is 5.41 Å². The first-order valence-corrected chi connectivity index (χ1v) is 9.82. The quantitative estimate of drug-likeness (QED) is 0.755. The van der Waals surface area contributed by atoms with Crippen molar-refractivity contribution in [2.75, 3.05) is 13.2 Å². The van der Waals surface area contributed by atoms with E-state index < -0.39 is 0 Å². The average Bonchev–Trinajstić information content (AvgIpc) is 2.62. The highest BCUT2D eigenvalue weighted by Gasteiger charge is 2.46. The smallest absolute Gasteiger partial charge is 0.336 e. The number of nitrogens with zero attached hydrogens (tertiary/aromatic N) is 1. The van der Waals surface area contributed by atoms with Gasteiger partial charge in [-0.3, -0.25) is 4.79 Å². The summed E-state index contributed by atoms with van der Waals surface area (Å²) in [5, 5.41) is 0. The summed E-state index contributed by atoms with van der Waals surface area (Å²) >= 11 is 0. The van der Waals surface area contributed by atoms with Crippen LogP contribution in [0.3, 0.4) is 0 Å². The van der Waals surface area contributed by atoms with Gasteiger partial charge in [0.15, 0.2) is 0 Å². The summed E-state index contributed by atoms with van der Waals surface area (Å²) in [6.07, 6.45) is 6.26. The lowest BCUT2D eigenvalue weighted by molar-refractivity contribution is -0.140. The second-order valence-electron chi connectivity index (χ2n) is 7.38. The first kappa shape index (κ1) is 18.7. The standard InChI is InChI=1S/C22H29NO3/c1-4-23(16(3)24)20-18-12-8-7-11-17(18)15-22(13-9-6-10-14-22)19(20)21(25)26-5-2/h7-8,11-12H,4-6,9-10,13-15H2,1-3H3. The highest BCUT2D eigenvalue weighted by Crippen LogP contribution is 2.52. The minimum Gasteiger partial charge on any atom is -0.463 e. The Morgan fingerprint density at radius 2 is 1.81 bits per heavy atom. The van der Waals surface area contributed by atoms with Gasteiger partial charge in [0.25, 0.3) is 0 Å². The van der Waals surface area contributed by atoms with Crippen LogP contribution in [-0.4, -0.2) is 29.9 Å². The topological polar surface area (TPSA) is 46.6 Å². The largest absolute Gasteiger partial charge is 0.463 e. The number of amides is 1. The molecule has 1 aromatic rings. The normalized spacial score (nSPS) is 18.4. The first-order valence-electron chi connectivity index (χ1n) is 9.82. The number of carbonyl (C=O) groups excluding carboxylic acids is 2. The van der Waals surface area contributed by atoms with Crippen LogP contribution >= 0.6 is 0 Å². The molecule has 3 rings (SSSR count). The predicted octanol–water partition coefficient (Wildman–Crippen LogP) is 4.34. The van der Waals surface area contributed by atoms with E-state index in [2.05, 4.69) is 6.07 Å². The number of benzene rings is 1. The number of hydrogen-bond acceptors (Lipinski definition) is 3. The lowest BCUT2D eigenvalue weighted by atomic mass is 9.61. The van der Waals surface area contributed by atoms with Crippen molar-refractivity contribution in [1.29, 1.82) is 0 Å². The van der Waals surface area contributed by atoms with Crippen molar-refractivity contribution >= 4 is 17.6 Å². The number of ether oxygens (including phenoxy) is 1. The molecule has 0 heterocycles. The third-order valence-electron chi connectivity index (χ3n) is 5.82. The lowest BCUT2D eigenvalue weighted by Crippen LogP contribution is -2.41. The summed E-state index contributed by atoms with van der Waals surface area (Å²) in [7, 11) is 0. The summed E-state index contributed by atoms with van der Waals surface area (Å²) in [6, 6.07) is 8.20. The zero-order valence-electron chi connectivity index (χ0n) is 16.1. The molecule has 140 valence electrons. The highest BCUT2D eigenvalue weighted by atomic mass is 16.5. The van der Waals surface area contributed by atoms with Gasteiger partial charge in [0.05, 0.1) is 17.9 Å². The zero-order chi connectivity index (χ0) is 18.7. The van der Waals surface area contributed by atoms with Crippen LogP contribution in [0.5, 0.6) is 0 Å². The van der Waals surface area contributed by atoms with E-state index in [0.29, 0.717) is 13.2 Å². The van der Waals surface area contributed by atoms with Crippen molar-refractivity contribution in [3.63, 3.8) is 0 Å². The maximum absolute atomic E-state index is 13.1. The van der Waals surface area contributed by atoms with E-state index in [4.69, 9.17) is 4.74 Å². The molecule has 4 heteroatoms. The Hall–Kier alpha value is -2.10. The minimum absolute atomic E-state index is 0.0352. The van der Waals surface area contributed by atoms with Crippen LogP contribution in [0.25, 0.3) is 5.70 Å². The van der Waals surface area contributed by atoms with Gasteiger partial charge in [0, 0.05) is 24.4 Å². The minimum atomic E-state index is -0.251. The molecule has 1 amide bonds.